The number of ketones is 2. The number of likely N-dealkylation sites (tertiary alicyclic amines) is 1. The Hall–Kier alpha value is -2.65. The van der Waals surface area contributed by atoms with E-state index in [0.717, 1.165) is 56.6 Å². The average Bonchev–Trinajstić information content (AvgIpc) is 3.40. The molecule has 10 heteroatoms. The summed E-state index contributed by atoms with van der Waals surface area (Å²) in [4.78, 5) is 29.7. The van der Waals surface area contributed by atoms with Crippen LogP contribution in [-0.4, -0.2) is 54.0 Å². The third-order valence-corrected chi connectivity index (χ3v) is 10.2. The van der Waals surface area contributed by atoms with Crippen molar-refractivity contribution in [2.75, 3.05) is 26.3 Å². The van der Waals surface area contributed by atoms with Crippen molar-refractivity contribution in [1.29, 1.82) is 0 Å². The van der Waals surface area contributed by atoms with Crippen molar-refractivity contribution in [3.8, 4) is 11.3 Å². The van der Waals surface area contributed by atoms with E-state index in [1.54, 1.807) is 6.07 Å². The first-order valence-corrected chi connectivity index (χ1v) is 15.9. The monoisotopic (exact) mass is 644 g/mol. The van der Waals surface area contributed by atoms with Crippen molar-refractivity contribution in [3.05, 3.63) is 75.4 Å². The van der Waals surface area contributed by atoms with Crippen molar-refractivity contribution >= 4 is 34.8 Å². The zero-order valence-corrected chi connectivity index (χ0v) is 26.4. The highest BCUT2D eigenvalue weighted by atomic mass is 35.5. The van der Waals surface area contributed by atoms with Gasteiger partial charge in [0.05, 0.1) is 18.8 Å². The quantitative estimate of drug-likeness (QED) is 0.208. The second-order valence-electron chi connectivity index (χ2n) is 13.9. The molecule has 2 aromatic carbocycles. The second-order valence-corrected chi connectivity index (χ2v) is 14.7. The van der Waals surface area contributed by atoms with Crippen molar-refractivity contribution in [2.45, 2.75) is 70.3 Å². The summed E-state index contributed by atoms with van der Waals surface area (Å²) in [7, 11) is 0. The molecule has 0 bridgehead atoms. The number of hydrogen-bond donors (Lipinski definition) is 0. The molecule has 3 fully saturated rings. The summed E-state index contributed by atoms with van der Waals surface area (Å²) in [6.07, 6.45) is 5.06. The topological polar surface area (TPSA) is 72.6 Å². The molecular formula is C34H36Cl2F2N2O4. The van der Waals surface area contributed by atoms with Crippen LogP contribution in [0.2, 0.25) is 10.0 Å². The minimum absolute atomic E-state index is 0.0212. The van der Waals surface area contributed by atoms with Gasteiger partial charge in [-0.2, -0.15) is 0 Å². The van der Waals surface area contributed by atoms with Crippen molar-refractivity contribution < 1.29 is 27.6 Å². The summed E-state index contributed by atoms with van der Waals surface area (Å²) in [6, 6.07) is 10.3. The van der Waals surface area contributed by atoms with Gasteiger partial charge in [0.15, 0.2) is 11.5 Å². The van der Waals surface area contributed by atoms with E-state index in [2.05, 4.69) is 10.1 Å². The molecule has 6 nitrogen and oxygen atoms in total. The molecule has 6 rings (SSSR count). The number of nitrogens with zero attached hydrogens (tertiary/aromatic N) is 2. The Labute approximate surface area is 266 Å². The first-order chi connectivity index (χ1) is 20.8. The van der Waals surface area contributed by atoms with Crippen LogP contribution in [0, 0.1) is 22.5 Å². The molecule has 3 heterocycles. The first kappa shape index (κ1) is 31.3. The molecule has 1 aliphatic carbocycles. The van der Waals surface area contributed by atoms with Gasteiger partial charge in [0.1, 0.15) is 23.1 Å². The molecule has 3 aliphatic rings. The van der Waals surface area contributed by atoms with Gasteiger partial charge in [0, 0.05) is 71.4 Å². The van der Waals surface area contributed by atoms with Crippen molar-refractivity contribution in [3.63, 3.8) is 0 Å². The number of benzene rings is 2. The highest BCUT2D eigenvalue weighted by molar-refractivity contribution is 6.34. The van der Waals surface area contributed by atoms with E-state index in [9.17, 15) is 18.4 Å². The lowest BCUT2D eigenvalue weighted by Crippen LogP contribution is -2.62. The number of aromatic nitrogens is 1. The molecule has 2 aliphatic heterocycles. The fourth-order valence-corrected chi connectivity index (χ4v) is 7.82. The summed E-state index contributed by atoms with van der Waals surface area (Å²) in [6.45, 7) is 6.96. The Morgan fingerprint density at radius 1 is 1.00 bits per heavy atom. The van der Waals surface area contributed by atoms with Crippen LogP contribution < -0.4 is 0 Å². The van der Waals surface area contributed by atoms with E-state index in [-0.39, 0.29) is 47.8 Å². The maximum atomic E-state index is 14.3. The zero-order chi connectivity index (χ0) is 31.3. The lowest BCUT2D eigenvalue weighted by atomic mass is 9.66. The normalized spacial score (nSPS) is 19.9. The maximum Gasteiger partial charge on any atom is 0.185 e. The van der Waals surface area contributed by atoms with E-state index < -0.39 is 22.5 Å². The minimum Gasteiger partial charge on any atom is -0.380 e. The van der Waals surface area contributed by atoms with Crippen LogP contribution in [0.4, 0.5) is 8.78 Å². The largest absolute Gasteiger partial charge is 0.380 e. The highest BCUT2D eigenvalue weighted by Crippen LogP contribution is 2.48. The maximum absolute atomic E-state index is 14.3. The van der Waals surface area contributed by atoms with E-state index >= 15 is 0 Å². The number of carbonyl (C=O) groups is 2. The van der Waals surface area contributed by atoms with Gasteiger partial charge < -0.3 is 9.26 Å². The predicted molar refractivity (Wildman–Crippen MR) is 164 cm³/mol. The molecule has 1 aromatic heterocycles. The fraction of sp³-hybridized carbons (Fsp3) is 0.500. The average molecular weight is 646 g/mol. The lowest BCUT2D eigenvalue weighted by Gasteiger charge is -2.56. The molecular weight excluding hydrogens is 609 g/mol. The van der Waals surface area contributed by atoms with Crippen LogP contribution >= 0.6 is 23.2 Å². The standard InChI is InChI=1S/C34H36Cl2F2N2O4/c1-32(2,21-9-22(35)11-23(36)10-21)14-26(41)15-34(17-40(18-34)25-5-7-33(8-6-25)19-43-20-33)16-30(42)29-13-31(44-39-29)27-4-3-24(37)12-28(27)38/h3-4,9-13,25H,5-8,14-20H2,1-2H3. The van der Waals surface area contributed by atoms with E-state index in [1.165, 1.54) is 12.1 Å². The van der Waals surface area contributed by atoms with Crippen LogP contribution in [0.15, 0.2) is 47.0 Å². The molecule has 0 radical (unpaired) electrons. The van der Waals surface area contributed by atoms with Gasteiger partial charge in [0.25, 0.3) is 0 Å². The van der Waals surface area contributed by atoms with E-state index in [4.69, 9.17) is 32.5 Å². The van der Waals surface area contributed by atoms with Crippen LogP contribution in [0.3, 0.4) is 0 Å². The molecule has 0 unspecified atom stereocenters. The van der Waals surface area contributed by atoms with E-state index in [0.29, 0.717) is 34.6 Å². The Morgan fingerprint density at radius 3 is 2.30 bits per heavy atom. The first-order valence-electron chi connectivity index (χ1n) is 15.1. The van der Waals surface area contributed by atoms with Gasteiger partial charge >= 0.3 is 0 Å². The number of halogens is 4. The van der Waals surface area contributed by atoms with Crippen LogP contribution in [0.1, 0.15) is 74.8 Å². The van der Waals surface area contributed by atoms with Gasteiger partial charge in [-0.1, -0.05) is 42.2 Å². The summed E-state index contributed by atoms with van der Waals surface area (Å²) >= 11 is 12.5. The number of hydrogen-bond acceptors (Lipinski definition) is 6. The molecule has 3 aromatic rings. The second kappa shape index (κ2) is 11.9. The molecule has 44 heavy (non-hydrogen) atoms. The molecule has 1 spiro atoms. The fourth-order valence-electron chi connectivity index (χ4n) is 7.29. The number of carbonyl (C=O) groups excluding carboxylic acids is 2. The van der Waals surface area contributed by atoms with Crippen molar-refractivity contribution in [1.82, 2.24) is 10.1 Å². The molecule has 234 valence electrons. The Kier molecular flexibility index (Phi) is 8.50. The lowest BCUT2D eigenvalue weighted by molar-refractivity contribution is -0.149. The van der Waals surface area contributed by atoms with Crippen LogP contribution in [-0.2, 0) is 14.9 Å². The molecule has 1 saturated carbocycles. The Morgan fingerprint density at radius 2 is 1.68 bits per heavy atom. The smallest absolute Gasteiger partial charge is 0.185 e. The number of ether oxygens (including phenoxy) is 1. The van der Waals surface area contributed by atoms with Gasteiger partial charge in [-0.15, -0.1) is 0 Å². The molecule has 0 atom stereocenters. The highest BCUT2D eigenvalue weighted by Gasteiger charge is 2.51. The molecule has 0 amide bonds. The summed E-state index contributed by atoms with van der Waals surface area (Å²) in [5.74, 6) is -1.68. The molecule has 0 N–H and O–H groups in total. The van der Waals surface area contributed by atoms with Crippen LogP contribution in [0.5, 0.6) is 0 Å². The summed E-state index contributed by atoms with van der Waals surface area (Å²) in [5.41, 5.74) is 0.241. The van der Waals surface area contributed by atoms with Gasteiger partial charge in [-0.25, -0.2) is 8.78 Å². The third kappa shape index (κ3) is 6.50. The SMILES string of the molecule is CC(C)(CC(=O)CC1(CC(=O)c2cc(-c3ccc(F)cc3F)on2)CN(C2CCC3(CC2)COC3)C1)c1cc(Cl)cc(Cl)c1. The summed E-state index contributed by atoms with van der Waals surface area (Å²) in [5, 5.41) is 4.94. The summed E-state index contributed by atoms with van der Waals surface area (Å²) < 4.78 is 38.5. The zero-order valence-electron chi connectivity index (χ0n) is 24.9. The molecule has 2 saturated heterocycles. The van der Waals surface area contributed by atoms with Gasteiger partial charge in [-0.3, -0.25) is 14.5 Å². The third-order valence-electron chi connectivity index (χ3n) is 9.81. The Balaban J connectivity index is 1.17. The minimum atomic E-state index is -0.803. The van der Waals surface area contributed by atoms with Crippen LogP contribution in [0.25, 0.3) is 11.3 Å². The van der Waals surface area contributed by atoms with E-state index in [1.807, 2.05) is 26.0 Å². The van der Waals surface area contributed by atoms with Gasteiger partial charge in [-0.05, 0) is 67.0 Å². The predicted octanol–water partition coefficient (Wildman–Crippen LogP) is 8.09. The number of Topliss-reactive ketones (excluding diaryl/α,β-unsaturated/α-hetero) is 2. The Bertz CT molecular complexity index is 1550. The van der Waals surface area contributed by atoms with Crippen molar-refractivity contribution in [2.24, 2.45) is 10.8 Å². The number of rotatable bonds is 10. The van der Waals surface area contributed by atoms with Gasteiger partial charge in [0.2, 0.25) is 0 Å².